The van der Waals surface area contributed by atoms with Crippen molar-refractivity contribution in [1.82, 2.24) is 0 Å². The molecule has 1 unspecified atom stereocenters. The summed E-state index contributed by atoms with van der Waals surface area (Å²) in [6, 6.07) is 0. The molecule has 0 aromatic rings. The van der Waals surface area contributed by atoms with E-state index in [4.69, 9.17) is 14.6 Å². The Labute approximate surface area is 109 Å². The lowest BCUT2D eigenvalue weighted by Gasteiger charge is -2.38. The summed E-state index contributed by atoms with van der Waals surface area (Å²) in [6.45, 7) is 13.2. The Morgan fingerprint density at radius 2 is 1.72 bits per heavy atom. The van der Waals surface area contributed by atoms with Crippen LogP contribution in [-0.2, 0) is 14.0 Å². The predicted octanol–water partition coefficient (Wildman–Crippen LogP) is 2.49. The van der Waals surface area contributed by atoms with E-state index in [0.717, 1.165) is 0 Å². The second-order valence-corrected chi connectivity index (χ2v) is 10.6. The quantitative estimate of drug-likeness (QED) is 0.574. The summed E-state index contributed by atoms with van der Waals surface area (Å²) in [5, 5.41) is 17.7. The van der Waals surface area contributed by atoms with Gasteiger partial charge in [0.2, 0.25) is 0 Å². The minimum absolute atomic E-state index is 0.134. The summed E-state index contributed by atoms with van der Waals surface area (Å²) in [6.07, 6.45) is -1.34. The highest BCUT2D eigenvalue weighted by atomic mass is 28.4. The van der Waals surface area contributed by atoms with Crippen molar-refractivity contribution >= 4 is 20.3 Å². The third kappa shape index (κ3) is 4.62. The number of hydrogen-bond acceptors (Lipinski definition) is 3. The average molecular weight is 274 g/mol. The molecule has 0 spiro atoms. The van der Waals surface area contributed by atoms with Gasteiger partial charge in [-0.1, -0.05) is 27.4 Å². The molecule has 5 nitrogen and oxygen atoms in total. The topological polar surface area (TPSA) is 83.8 Å². The van der Waals surface area contributed by atoms with Crippen molar-refractivity contribution < 1.29 is 24.2 Å². The van der Waals surface area contributed by atoms with Crippen LogP contribution in [0.1, 0.15) is 27.2 Å². The molecule has 0 saturated heterocycles. The van der Waals surface area contributed by atoms with Crippen LogP contribution in [0.3, 0.4) is 0 Å². The molecule has 0 aliphatic rings. The molecule has 0 aromatic carbocycles. The van der Waals surface area contributed by atoms with E-state index < -0.39 is 26.4 Å². The molecule has 1 atom stereocenters. The van der Waals surface area contributed by atoms with E-state index in [1.807, 2.05) is 33.9 Å². The number of carbonyl (C=O) groups is 2. The Bertz CT molecular complexity index is 354. The van der Waals surface area contributed by atoms with E-state index in [2.05, 4.69) is 6.58 Å². The summed E-state index contributed by atoms with van der Waals surface area (Å²) in [7, 11) is -2.25. The Kier molecular flexibility index (Phi) is 5.30. The highest BCUT2D eigenvalue weighted by molar-refractivity contribution is 6.74. The number of rotatable bonds is 6. The lowest BCUT2D eigenvalue weighted by molar-refractivity contribution is -0.145. The van der Waals surface area contributed by atoms with Crippen molar-refractivity contribution in [1.29, 1.82) is 0 Å². The zero-order valence-corrected chi connectivity index (χ0v) is 12.6. The largest absolute Gasteiger partial charge is 0.479 e. The minimum atomic E-state index is -2.25. The fourth-order valence-corrected chi connectivity index (χ4v) is 2.27. The summed E-state index contributed by atoms with van der Waals surface area (Å²) < 4.78 is 5.70. The Hall–Kier alpha value is -1.14. The molecule has 0 rings (SSSR count). The number of carboxylic acid groups (broad SMARTS) is 2. The molecule has 0 heterocycles. The summed E-state index contributed by atoms with van der Waals surface area (Å²) >= 11 is 0. The fourth-order valence-electron chi connectivity index (χ4n) is 1.02. The fraction of sp³-hybridized carbons (Fsp3) is 0.667. The van der Waals surface area contributed by atoms with Crippen LogP contribution in [0.5, 0.6) is 0 Å². The second-order valence-electron chi connectivity index (χ2n) is 5.82. The van der Waals surface area contributed by atoms with Gasteiger partial charge in [-0.3, -0.25) is 0 Å². The van der Waals surface area contributed by atoms with Gasteiger partial charge in [-0.05, 0) is 18.1 Å². The molecule has 0 saturated carbocycles. The van der Waals surface area contributed by atoms with Crippen LogP contribution in [0.2, 0.25) is 18.1 Å². The second kappa shape index (κ2) is 5.66. The first-order valence-electron chi connectivity index (χ1n) is 5.70. The van der Waals surface area contributed by atoms with Crippen LogP contribution in [0.25, 0.3) is 0 Å². The number of aliphatic carboxylic acids is 2. The van der Waals surface area contributed by atoms with E-state index in [9.17, 15) is 9.59 Å². The predicted molar refractivity (Wildman–Crippen MR) is 71.1 cm³/mol. The normalized spacial score (nSPS) is 14.1. The van der Waals surface area contributed by atoms with Gasteiger partial charge >= 0.3 is 11.9 Å². The lowest BCUT2D eigenvalue weighted by Crippen LogP contribution is -2.46. The smallest absolute Gasteiger partial charge is 0.331 e. The zero-order valence-electron chi connectivity index (χ0n) is 11.6. The Balaban J connectivity index is 4.91. The van der Waals surface area contributed by atoms with Crippen molar-refractivity contribution in [2.24, 2.45) is 0 Å². The molecule has 0 aliphatic heterocycles. The lowest BCUT2D eigenvalue weighted by atomic mass is 10.1. The van der Waals surface area contributed by atoms with Crippen molar-refractivity contribution in [3.8, 4) is 0 Å². The third-order valence-electron chi connectivity index (χ3n) is 3.25. The van der Waals surface area contributed by atoms with E-state index >= 15 is 0 Å². The van der Waals surface area contributed by atoms with Crippen LogP contribution in [0.15, 0.2) is 12.2 Å². The summed E-state index contributed by atoms with van der Waals surface area (Å²) in [5.74, 6) is -2.35. The van der Waals surface area contributed by atoms with Crippen molar-refractivity contribution in [2.45, 2.75) is 51.4 Å². The maximum Gasteiger partial charge on any atom is 0.331 e. The van der Waals surface area contributed by atoms with Crippen LogP contribution in [0, 0.1) is 0 Å². The van der Waals surface area contributed by atoms with Gasteiger partial charge in [-0.15, -0.1) is 0 Å². The van der Waals surface area contributed by atoms with Gasteiger partial charge in [0, 0.05) is 12.0 Å². The van der Waals surface area contributed by atoms with Gasteiger partial charge in [0.05, 0.1) is 0 Å². The minimum Gasteiger partial charge on any atom is -0.479 e. The van der Waals surface area contributed by atoms with Crippen LogP contribution in [-0.4, -0.2) is 36.6 Å². The van der Waals surface area contributed by atoms with Gasteiger partial charge in [-0.25, -0.2) is 9.59 Å². The van der Waals surface area contributed by atoms with E-state index in [1.54, 1.807) is 0 Å². The maximum atomic E-state index is 11.1. The molecule has 0 bridgehead atoms. The average Bonchev–Trinajstić information content (AvgIpc) is 2.13. The Morgan fingerprint density at radius 1 is 1.28 bits per heavy atom. The van der Waals surface area contributed by atoms with Crippen molar-refractivity contribution in [3.05, 3.63) is 12.2 Å². The number of carboxylic acids is 2. The SMILES string of the molecule is C=C(CC(O[Si](C)(C)C(C)(C)C)C(=O)O)C(=O)O. The van der Waals surface area contributed by atoms with Crippen molar-refractivity contribution in [3.63, 3.8) is 0 Å². The molecular formula is C12H22O5Si. The molecule has 6 heteroatoms. The summed E-state index contributed by atoms with van der Waals surface area (Å²) in [4.78, 5) is 21.8. The van der Waals surface area contributed by atoms with Crippen molar-refractivity contribution in [2.75, 3.05) is 0 Å². The third-order valence-corrected chi connectivity index (χ3v) is 7.74. The first kappa shape index (κ1) is 16.9. The summed E-state index contributed by atoms with van der Waals surface area (Å²) in [5.41, 5.74) is -0.152. The van der Waals surface area contributed by atoms with E-state index in [1.165, 1.54) is 0 Å². The van der Waals surface area contributed by atoms with Gasteiger partial charge in [-0.2, -0.15) is 0 Å². The van der Waals surface area contributed by atoms with Gasteiger partial charge < -0.3 is 14.6 Å². The molecule has 18 heavy (non-hydrogen) atoms. The molecule has 0 radical (unpaired) electrons. The van der Waals surface area contributed by atoms with Gasteiger partial charge in [0.1, 0.15) is 6.10 Å². The van der Waals surface area contributed by atoms with Crippen LogP contribution >= 0.6 is 0 Å². The van der Waals surface area contributed by atoms with Gasteiger partial charge in [0.15, 0.2) is 8.32 Å². The molecule has 2 N–H and O–H groups in total. The first-order valence-corrected chi connectivity index (χ1v) is 8.61. The number of hydrogen-bond donors (Lipinski definition) is 2. The van der Waals surface area contributed by atoms with E-state index in [-0.39, 0.29) is 17.0 Å². The van der Waals surface area contributed by atoms with Crippen LogP contribution < -0.4 is 0 Å². The highest BCUT2D eigenvalue weighted by Gasteiger charge is 2.41. The maximum absolute atomic E-state index is 11.1. The van der Waals surface area contributed by atoms with E-state index in [0.29, 0.717) is 0 Å². The monoisotopic (exact) mass is 274 g/mol. The highest BCUT2D eigenvalue weighted by Crippen LogP contribution is 2.37. The Morgan fingerprint density at radius 3 is 2.00 bits per heavy atom. The first-order chi connectivity index (χ1) is 7.88. The molecule has 0 amide bonds. The molecular weight excluding hydrogens is 252 g/mol. The molecule has 0 aliphatic carbocycles. The zero-order chi connectivity index (χ0) is 14.7. The standard InChI is InChI=1S/C12H22O5Si/c1-8(10(13)14)7-9(11(15)16)17-18(5,6)12(2,3)4/h9H,1,7H2,2-6H3,(H,13,14)(H,15,16). The van der Waals surface area contributed by atoms with Gasteiger partial charge in [0.25, 0.3) is 0 Å². The molecule has 0 fully saturated rings. The van der Waals surface area contributed by atoms with Crippen LogP contribution in [0.4, 0.5) is 0 Å². The molecule has 104 valence electrons. The molecule has 0 aromatic heterocycles.